The predicted molar refractivity (Wildman–Crippen MR) is 93.0 cm³/mol. The van der Waals surface area contributed by atoms with E-state index in [1.807, 2.05) is 0 Å². The Morgan fingerprint density at radius 1 is 1.25 bits per heavy atom. The second-order valence-corrected chi connectivity index (χ2v) is 8.54. The van der Waals surface area contributed by atoms with Gasteiger partial charge in [-0.05, 0) is 66.2 Å². The third-order valence-electron chi connectivity index (χ3n) is 6.31. The van der Waals surface area contributed by atoms with Gasteiger partial charge in [0.15, 0.2) is 0 Å². The number of halogens is 1. The van der Waals surface area contributed by atoms with Gasteiger partial charge in [0.25, 0.3) is 0 Å². The summed E-state index contributed by atoms with van der Waals surface area (Å²) in [6.45, 7) is 9.84. The van der Waals surface area contributed by atoms with Crippen molar-refractivity contribution in [3.8, 4) is 0 Å². The molecule has 2 rings (SSSR count). The molecule has 0 aromatic rings. The molecule has 0 N–H and O–H groups in total. The molecule has 0 nitrogen and oxygen atoms in total. The lowest BCUT2D eigenvalue weighted by molar-refractivity contribution is 0.0931. The minimum Gasteiger partial charge on any atom is -0.0628 e. The average molecular weight is 341 g/mol. The first kappa shape index (κ1) is 16.6. The van der Waals surface area contributed by atoms with E-state index < -0.39 is 0 Å². The van der Waals surface area contributed by atoms with Crippen LogP contribution in [0, 0.1) is 29.1 Å². The van der Waals surface area contributed by atoms with Crippen molar-refractivity contribution >= 4 is 15.9 Å². The lowest BCUT2D eigenvalue weighted by Crippen LogP contribution is -2.35. The standard InChI is InChI=1S/C19H33Br/c1-14(2)7-5-8-15(3)17-10-11-18-16(13-20)9-6-12-19(17,18)4/h13-15,17-18H,5-12H2,1-4H3/b16-13+/t15-,17?,18?,19-/m1/s1. The highest BCUT2D eigenvalue weighted by Crippen LogP contribution is 2.59. The van der Waals surface area contributed by atoms with E-state index in [1.54, 1.807) is 5.57 Å². The summed E-state index contributed by atoms with van der Waals surface area (Å²) in [6.07, 6.45) is 11.4. The molecule has 0 bridgehead atoms. The van der Waals surface area contributed by atoms with Crippen LogP contribution in [0.3, 0.4) is 0 Å². The van der Waals surface area contributed by atoms with Crippen molar-refractivity contribution in [2.45, 2.75) is 79.1 Å². The maximum Gasteiger partial charge on any atom is -0.0138 e. The summed E-state index contributed by atoms with van der Waals surface area (Å²) in [5, 5.41) is 0. The van der Waals surface area contributed by atoms with Crippen molar-refractivity contribution in [1.29, 1.82) is 0 Å². The molecule has 0 aromatic carbocycles. The van der Waals surface area contributed by atoms with E-state index in [0.717, 1.165) is 23.7 Å². The monoisotopic (exact) mass is 340 g/mol. The highest BCUT2D eigenvalue weighted by Gasteiger charge is 2.50. The Hall–Kier alpha value is 0.220. The van der Waals surface area contributed by atoms with Gasteiger partial charge in [-0.1, -0.05) is 68.5 Å². The fourth-order valence-electron chi connectivity index (χ4n) is 5.19. The largest absolute Gasteiger partial charge is 0.0628 e. The lowest BCUT2D eigenvalue weighted by atomic mass is 9.61. The van der Waals surface area contributed by atoms with Crippen LogP contribution in [-0.4, -0.2) is 0 Å². The molecule has 0 spiro atoms. The summed E-state index contributed by atoms with van der Waals surface area (Å²) in [7, 11) is 0. The zero-order valence-corrected chi connectivity index (χ0v) is 15.5. The molecule has 0 amide bonds. The molecule has 0 saturated heterocycles. The molecule has 116 valence electrons. The normalized spacial score (nSPS) is 37.4. The molecule has 2 fully saturated rings. The fraction of sp³-hybridized carbons (Fsp3) is 0.895. The van der Waals surface area contributed by atoms with Crippen molar-refractivity contribution in [3.63, 3.8) is 0 Å². The molecule has 2 aliphatic rings. The molecule has 0 heterocycles. The van der Waals surface area contributed by atoms with Crippen molar-refractivity contribution in [2.24, 2.45) is 29.1 Å². The quantitative estimate of drug-likeness (QED) is 0.508. The van der Waals surface area contributed by atoms with E-state index in [4.69, 9.17) is 0 Å². The minimum absolute atomic E-state index is 0.592. The van der Waals surface area contributed by atoms with Gasteiger partial charge in [0.2, 0.25) is 0 Å². The number of rotatable bonds is 5. The number of hydrogen-bond acceptors (Lipinski definition) is 0. The van der Waals surface area contributed by atoms with Gasteiger partial charge >= 0.3 is 0 Å². The molecule has 4 atom stereocenters. The molecule has 20 heavy (non-hydrogen) atoms. The molecule has 0 aromatic heterocycles. The van der Waals surface area contributed by atoms with Gasteiger partial charge in [-0.2, -0.15) is 0 Å². The first-order valence-electron chi connectivity index (χ1n) is 8.78. The first-order valence-corrected chi connectivity index (χ1v) is 9.69. The van der Waals surface area contributed by atoms with Gasteiger partial charge in [0, 0.05) is 0 Å². The van der Waals surface area contributed by atoms with Crippen LogP contribution < -0.4 is 0 Å². The van der Waals surface area contributed by atoms with Crippen LogP contribution in [-0.2, 0) is 0 Å². The third kappa shape index (κ3) is 3.34. The Balaban J connectivity index is 1.99. The summed E-state index contributed by atoms with van der Waals surface area (Å²) in [6, 6.07) is 0. The van der Waals surface area contributed by atoms with Crippen LogP contribution in [0.2, 0.25) is 0 Å². The Kier molecular flexibility index (Phi) is 5.79. The van der Waals surface area contributed by atoms with E-state index in [1.165, 1.54) is 51.4 Å². The second kappa shape index (κ2) is 6.99. The van der Waals surface area contributed by atoms with Crippen molar-refractivity contribution < 1.29 is 0 Å². The number of hydrogen-bond donors (Lipinski definition) is 0. The predicted octanol–water partition coefficient (Wildman–Crippen LogP) is 6.94. The third-order valence-corrected chi connectivity index (χ3v) is 6.89. The smallest absolute Gasteiger partial charge is 0.0138 e. The SMILES string of the molecule is CC(C)CCC[C@@H](C)C1CCC2/C(=C/Br)CCC[C@@]21C. The van der Waals surface area contributed by atoms with E-state index in [9.17, 15) is 0 Å². The Labute approximate surface area is 134 Å². The Morgan fingerprint density at radius 2 is 2.00 bits per heavy atom. The van der Waals surface area contributed by atoms with E-state index >= 15 is 0 Å². The lowest BCUT2D eigenvalue weighted by Gasteiger charge is -2.44. The van der Waals surface area contributed by atoms with Gasteiger partial charge in [0.1, 0.15) is 0 Å². The maximum absolute atomic E-state index is 3.62. The molecule has 2 aliphatic carbocycles. The molecule has 0 radical (unpaired) electrons. The van der Waals surface area contributed by atoms with Crippen molar-refractivity contribution in [3.05, 3.63) is 10.6 Å². The molecule has 0 aliphatic heterocycles. The van der Waals surface area contributed by atoms with Gasteiger partial charge in [-0.15, -0.1) is 0 Å². The molecule has 1 heteroatoms. The second-order valence-electron chi connectivity index (χ2n) is 8.08. The van der Waals surface area contributed by atoms with Gasteiger partial charge < -0.3 is 0 Å². The van der Waals surface area contributed by atoms with Crippen LogP contribution in [0.1, 0.15) is 79.1 Å². The zero-order valence-electron chi connectivity index (χ0n) is 13.9. The van der Waals surface area contributed by atoms with Crippen LogP contribution in [0.5, 0.6) is 0 Å². The zero-order chi connectivity index (χ0) is 14.8. The topological polar surface area (TPSA) is 0 Å². The molecular weight excluding hydrogens is 308 g/mol. The summed E-state index contributed by atoms with van der Waals surface area (Å²) < 4.78 is 0. The fourth-order valence-corrected chi connectivity index (χ4v) is 5.74. The highest BCUT2D eigenvalue weighted by atomic mass is 79.9. The summed E-state index contributed by atoms with van der Waals surface area (Å²) in [5.74, 6) is 3.61. The Morgan fingerprint density at radius 3 is 2.65 bits per heavy atom. The van der Waals surface area contributed by atoms with Gasteiger partial charge in [-0.3, -0.25) is 0 Å². The molecular formula is C19H33Br. The van der Waals surface area contributed by atoms with Crippen molar-refractivity contribution in [2.75, 3.05) is 0 Å². The first-order chi connectivity index (χ1) is 9.49. The van der Waals surface area contributed by atoms with Crippen LogP contribution in [0.15, 0.2) is 10.6 Å². The van der Waals surface area contributed by atoms with Crippen LogP contribution in [0.25, 0.3) is 0 Å². The summed E-state index contributed by atoms with van der Waals surface area (Å²) >= 11 is 3.62. The summed E-state index contributed by atoms with van der Waals surface area (Å²) in [5.41, 5.74) is 2.30. The van der Waals surface area contributed by atoms with Gasteiger partial charge in [0.05, 0.1) is 0 Å². The summed E-state index contributed by atoms with van der Waals surface area (Å²) in [4.78, 5) is 2.25. The molecule has 2 unspecified atom stereocenters. The van der Waals surface area contributed by atoms with E-state index in [2.05, 4.69) is 48.6 Å². The van der Waals surface area contributed by atoms with Crippen LogP contribution >= 0.6 is 15.9 Å². The number of allylic oxidation sites excluding steroid dienone is 1. The number of fused-ring (bicyclic) bond motifs is 1. The Bertz CT molecular complexity index is 344. The minimum atomic E-state index is 0.592. The molecule has 2 saturated carbocycles. The van der Waals surface area contributed by atoms with E-state index in [0.29, 0.717) is 5.41 Å². The highest BCUT2D eigenvalue weighted by molar-refractivity contribution is 9.11. The van der Waals surface area contributed by atoms with Crippen LogP contribution in [0.4, 0.5) is 0 Å². The van der Waals surface area contributed by atoms with Crippen molar-refractivity contribution in [1.82, 2.24) is 0 Å². The average Bonchev–Trinajstić information content (AvgIpc) is 2.75. The maximum atomic E-state index is 3.62. The van der Waals surface area contributed by atoms with Gasteiger partial charge in [-0.25, -0.2) is 0 Å². The van der Waals surface area contributed by atoms with E-state index in [-0.39, 0.29) is 0 Å².